The summed E-state index contributed by atoms with van der Waals surface area (Å²) >= 11 is 0. The Kier molecular flexibility index (Phi) is 11.3. The summed E-state index contributed by atoms with van der Waals surface area (Å²) in [6, 6.07) is 24.6. The van der Waals surface area contributed by atoms with Crippen molar-refractivity contribution in [3.05, 3.63) is 96.1 Å². The van der Waals surface area contributed by atoms with Gasteiger partial charge in [-0.15, -0.1) is 5.10 Å². The normalized spacial score (nSPS) is 17.1. The van der Waals surface area contributed by atoms with E-state index in [1.54, 1.807) is 40.9 Å². The summed E-state index contributed by atoms with van der Waals surface area (Å²) < 4.78 is 25.5. The molecule has 3 aliphatic heterocycles. The number of aromatic nitrogens is 3. The lowest BCUT2D eigenvalue weighted by Gasteiger charge is -2.36. The van der Waals surface area contributed by atoms with Crippen LogP contribution < -0.4 is 20.9 Å². The first-order chi connectivity index (χ1) is 28.9. The molecule has 0 aliphatic carbocycles. The molecule has 2 saturated heterocycles. The third-order valence-corrected chi connectivity index (χ3v) is 12.3. The van der Waals surface area contributed by atoms with Gasteiger partial charge in [-0.1, -0.05) is 30.7 Å². The molecule has 60 heavy (non-hydrogen) atoms. The SMILES string of the molecule is CS(=O)(=O)c1ccc(-c2cccc3nc(Nc4ccc(N5CCN(C(=O)CCCCCNc6cccc7c6CC(=O)N(C6CCC(=O)NC6=O)C7=O)CC5)cc4)nn23)cc1. The van der Waals surface area contributed by atoms with Crippen molar-refractivity contribution >= 4 is 68.0 Å². The molecule has 5 amide bonds. The van der Waals surface area contributed by atoms with Crippen LogP contribution in [0.3, 0.4) is 0 Å². The molecule has 3 aromatic carbocycles. The number of unbranched alkanes of at least 4 members (excludes halogenated alkanes) is 2. The second-order valence-electron chi connectivity index (χ2n) is 15.2. The highest BCUT2D eigenvalue weighted by molar-refractivity contribution is 7.90. The van der Waals surface area contributed by atoms with Crippen molar-refractivity contribution in [1.29, 1.82) is 0 Å². The lowest BCUT2D eigenvalue weighted by Crippen LogP contribution is -2.58. The van der Waals surface area contributed by atoms with E-state index in [-0.39, 0.29) is 30.1 Å². The summed E-state index contributed by atoms with van der Waals surface area (Å²) in [5.74, 6) is -1.45. The molecular weight excluding hydrogens is 787 g/mol. The van der Waals surface area contributed by atoms with E-state index in [0.717, 1.165) is 59.9 Å². The number of hydrogen-bond donors (Lipinski definition) is 3. The van der Waals surface area contributed by atoms with Crippen LogP contribution in [0.2, 0.25) is 0 Å². The number of fused-ring (bicyclic) bond motifs is 2. The van der Waals surface area contributed by atoms with Crippen LogP contribution in [0, 0.1) is 0 Å². The van der Waals surface area contributed by atoms with E-state index >= 15 is 0 Å². The number of benzene rings is 3. The number of rotatable bonds is 13. The van der Waals surface area contributed by atoms with Gasteiger partial charge in [0.05, 0.1) is 17.0 Å². The number of nitrogens with one attached hydrogen (secondary N) is 3. The number of amides is 5. The third-order valence-electron chi connectivity index (χ3n) is 11.2. The van der Waals surface area contributed by atoms with Gasteiger partial charge in [0.25, 0.3) is 5.91 Å². The lowest BCUT2D eigenvalue weighted by atomic mass is 9.93. The van der Waals surface area contributed by atoms with E-state index in [9.17, 15) is 32.4 Å². The summed E-state index contributed by atoms with van der Waals surface area (Å²) in [7, 11) is -3.30. The molecule has 5 aromatic rings. The Morgan fingerprint density at radius 1 is 0.867 bits per heavy atom. The van der Waals surface area contributed by atoms with E-state index in [0.29, 0.717) is 54.5 Å². The number of nitrogens with zero attached hydrogens (tertiary/aromatic N) is 6. The minimum atomic E-state index is -3.30. The number of hydrogen-bond acceptors (Lipinski definition) is 12. The molecule has 3 aliphatic rings. The van der Waals surface area contributed by atoms with Crippen LogP contribution in [0.15, 0.2) is 89.8 Å². The lowest BCUT2D eigenvalue weighted by molar-refractivity contribution is -0.143. The van der Waals surface area contributed by atoms with Gasteiger partial charge in [0, 0.05) is 80.0 Å². The van der Waals surface area contributed by atoms with E-state index in [1.165, 1.54) is 6.26 Å². The average molecular weight is 832 g/mol. The van der Waals surface area contributed by atoms with Crippen LogP contribution in [0.25, 0.3) is 16.9 Å². The summed E-state index contributed by atoms with van der Waals surface area (Å²) in [4.78, 5) is 73.5. The highest BCUT2D eigenvalue weighted by Crippen LogP contribution is 2.30. The number of pyridine rings is 1. The van der Waals surface area contributed by atoms with Crippen molar-refractivity contribution < 1.29 is 32.4 Å². The van der Waals surface area contributed by atoms with Gasteiger partial charge in [0.2, 0.25) is 29.6 Å². The van der Waals surface area contributed by atoms with Gasteiger partial charge < -0.3 is 20.4 Å². The molecule has 2 aromatic heterocycles. The number of anilines is 4. The first-order valence-electron chi connectivity index (χ1n) is 20.0. The maximum absolute atomic E-state index is 13.3. The van der Waals surface area contributed by atoms with Crippen molar-refractivity contribution in [1.82, 2.24) is 29.7 Å². The largest absolute Gasteiger partial charge is 0.385 e. The standard InChI is InChI=1S/C43H45N9O7S/c1-60(58,59)31-18-12-28(13-19-31)35-9-6-10-37-46-43(48-52(35)37)45-29-14-16-30(17-15-29)49-23-25-50(26-24-49)39(54)11-3-2-4-22-44-34-8-5-7-32-33(34)27-40(55)51(42(32)57)36-20-21-38(53)47-41(36)56/h5-10,12-19,36,44H,2-4,11,20-27H2,1H3,(H,45,48)(H,47,53,56). The van der Waals surface area contributed by atoms with Crippen molar-refractivity contribution in [3.8, 4) is 11.3 Å². The molecule has 2 fully saturated rings. The van der Waals surface area contributed by atoms with Crippen molar-refractivity contribution in [2.75, 3.05) is 54.5 Å². The fraction of sp³-hybridized carbons (Fsp3) is 0.326. The third kappa shape index (κ3) is 8.57. The zero-order chi connectivity index (χ0) is 42.0. The van der Waals surface area contributed by atoms with E-state index in [2.05, 4.69) is 30.9 Å². The Balaban J connectivity index is 0.766. The Morgan fingerprint density at radius 2 is 1.62 bits per heavy atom. The molecule has 310 valence electrons. The smallest absolute Gasteiger partial charge is 0.261 e. The number of carbonyl (C=O) groups is 5. The minimum absolute atomic E-state index is 0.0219. The summed E-state index contributed by atoms with van der Waals surface area (Å²) in [6.07, 6.45) is 4.21. The highest BCUT2D eigenvalue weighted by atomic mass is 32.2. The molecule has 0 spiro atoms. The van der Waals surface area contributed by atoms with E-state index < -0.39 is 39.5 Å². The molecule has 16 nitrogen and oxygen atoms in total. The van der Waals surface area contributed by atoms with Gasteiger partial charge in [-0.3, -0.25) is 34.2 Å². The second kappa shape index (κ2) is 16.9. The molecule has 0 radical (unpaired) electrons. The number of piperazine rings is 1. The van der Waals surface area contributed by atoms with Gasteiger partial charge in [-0.05, 0) is 85.5 Å². The maximum atomic E-state index is 13.3. The van der Waals surface area contributed by atoms with Crippen LogP contribution in [-0.4, -0.2) is 107 Å². The van der Waals surface area contributed by atoms with Crippen molar-refractivity contribution in [3.63, 3.8) is 0 Å². The van der Waals surface area contributed by atoms with Gasteiger partial charge in [-0.2, -0.15) is 4.98 Å². The zero-order valence-corrected chi connectivity index (χ0v) is 33.9. The van der Waals surface area contributed by atoms with Crippen LogP contribution >= 0.6 is 0 Å². The molecule has 17 heteroatoms. The maximum Gasteiger partial charge on any atom is 0.261 e. The van der Waals surface area contributed by atoms with E-state index in [4.69, 9.17) is 0 Å². The monoisotopic (exact) mass is 831 g/mol. The number of imide groups is 2. The quantitative estimate of drug-likeness (QED) is 0.113. The molecule has 0 bridgehead atoms. The van der Waals surface area contributed by atoms with Crippen LogP contribution in [0.4, 0.5) is 23.0 Å². The second-order valence-corrected chi connectivity index (χ2v) is 17.3. The van der Waals surface area contributed by atoms with Crippen molar-refractivity contribution in [2.24, 2.45) is 0 Å². The Bertz CT molecular complexity index is 2590. The molecule has 1 unspecified atom stereocenters. The molecule has 3 N–H and O–H groups in total. The predicted octanol–water partition coefficient (Wildman–Crippen LogP) is 4.19. The Hall–Kier alpha value is -6.62. The van der Waals surface area contributed by atoms with Gasteiger partial charge in [-0.25, -0.2) is 12.9 Å². The summed E-state index contributed by atoms with van der Waals surface area (Å²) in [6.45, 7) is 3.34. The first-order valence-corrected chi connectivity index (χ1v) is 21.9. The highest BCUT2D eigenvalue weighted by Gasteiger charge is 2.42. The first kappa shape index (κ1) is 40.2. The predicted molar refractivity (Wildman–Crippen MR) is 225 cm³/mol. The van der Waals surface area contributed by atoms with Gasteiger partial charge in [0.15, 0.2) is 15.5 Å². The Labute approximate surface area is 346 Å². The average Bonchev–Trinajstić information content (AvgIpc) is 3.66. The minimum Gasteiger partial charge on any atom is -0.385 e. The molecule has 5 heterocycles. The topological polar surface area (TPSA) is 195 Å². The van der Waals surface area contributed by atoms with Crippen LogP contribution in [0.5, 0.6) is 0 Å². The van der Waals surface area contributed by atoms with Crippen molar-refractivity contribution in [2.45, 2.75) is 55.9 Å². The molecule has 0 saturated carbocycles. The fourth-order valence-corrected chi connectivity index (χ4v) is 8.60. The molecule has 1 atom stereocenters. The fourth-order valence-electron chi connectivity index (χ4n) is 7.97. The summed E-state index contributed by atoms with van der Waals surface area (Å²) in [5.41, 5.74) is 5.80. The van der Waals surface area contributed by atoms with Crippen LogP contribution in [-0.2, 0) is 35.4 Å². The number of sulfone groups is 1. The number of piperidine rings is 1. The van der Waals surface area contributed by atoms with Crippen LogP contribution in [0.1, 0.15) is 54.4 Å². The Morgan fingerprint density at radius 3 is 2.35 bits per heavy atom. The van der Waals surface area contributed by atoms with Gasteiger partial charge in [0.1, 0.15) is 6.04 Å². The van der Waals surface area contributed by atoms with E-state index in [1.807, 2.05) is 53.4 Å². The molecular formula is C43H45N9O7S. The number of carbonyl (C=O) groups excluding carboxylic acids is 5. The summed E-state index contributed by atoms with van der Waals surface area (Å²) in [5, 5.41) is 13.5. The molecule has 8 rings (SSSR count). The van der Waals surface area contributed by atoms with Gasteiger partial charge >= 0.3 is 0 Å². The zero-order valence-electron chi connectivity index (χ0n) is 33.1.